The molecule has 9 rings (SSSR count). The summed E-state index contributed by atoms with van der Waals surface area (Å²) >= 11 is 0. The highest BCUT2D eigenvalue weighted by atomic mass is 16.5. The van der Waals surface area contributed by atoms with E-state index in [0.717, 1.165) is 97.1 Å². The molecule has 252 valence electrons. The Bertz CT molecular complexity index is 2080. The fourth-order valence-electron chi connectivity index (χ4n) is 8.91. The SMILES string of the molecule is B[C@]1(N)C2CCC1N(C(=O)c1cc(OC)c3c(c1)nc(-c1cc4cccnc4n1CC1CC1)n3CC1CCN(c3ccnc(C)n3)CC1)C2. The van der Waals surface area contributed by atoms with Gasteiger partial charge in [-0.15, -0.1) is 0 Å². The summed E-state index contributed by atoms with van der Waals surface area (Å²) in [6, 6.07) is 12.3. The number of carbonyl (C=O) groups excluding carboxylic acids is 1. The maximum absolute atomic E-state index is 14.1. The van der Waals surface area contributed by atoms with Crippen molar-refractivity contribution in [2.45, 2.75) is 70.0 Å². The van der Waals surface area contributed by atoms with E-state index in [0.29, 0.717) is 35.6 Å². The van der Waals surface area contributed by atoms with Gasteiger partial charge in [-0.05, 0) is 99.6 Å². The molecular weight excluding hydrogens is 613 g/mol. The van der Waals surface area contributed by atoms with Crippen LogP contribution in [0.1, 0.15) is 54.7 Å². The summed E-state index contributed by atoms with van der Waals surface area (Å²) < 4.78 is 10.8. The molecule has 1 aromatic carbocycles. The summed E-state index contributed by atoms with van der Waals surface area (Å²) in [4.78, 5) is 37.7. The molecule has 12 heteroatoms. The van der Waals surface area contributed by atoms with Gasteiger partial charge < -0.3 is 29.4 Å². The second-order valence-corrected chi connectivity index (χ2v) is 15.1. The molecule has 0 radical (unpaired) electrons. The summed E-state index contributed by atoms with van der Waals surface area (Å²) in [5.41, 5.74) is 10.8. The van der Waals surface area contributed by atoms with Crippen molar-refractivity contribution in [3.8, 4) is 17.3 Å². The summed E-state index contributed by atoms with van der Waals surface area (Å²) in [6.07, 6.45) is 10.3. The topological polar surface area (TPSA) is 120 Å². The van der Waals surface area contributed by atoms with Crippen LogP contribution < -0.4 is 15.4 Å². The molecule has 0 spiro atoms. The number of imidazole rings is 1. The quantitative estimate of drug-likeness (QED) is 0.249. The Morgan fingerprint density at radius 3 is 2.49 bits per heavy atom. The Morgan fingerprint density at radius 1 is 0.980 bits per heavy atom. The highest BCUT2D eigenvalue weighted by Gasteiger charge is 2.54. The van der Waals surface area contributed by atoms with Crippen LogP contribution >= 0.6 is 0 Å². The second-order valence-electron chi connectivity index (χ2n) is 15.1. The van der Waals surface area contributed by atoms with E-state index < -0.39 is 0 Å². The summed E-state index contributed by atoms with van der Waals surface area (Å²) in [6.45, 7) is 6.23. The van der Waals surface area contributed by atoms with Crippen molar-refractivity contribution >= 4 is 41.6 Å². The number of fused-ring (bicyclic) bond motifs is 4. The summed E-state index contributed by atoms with van der Waals surface area (Å²) in [5.74, 6) is 4.82. The van der Waals surface area contributed by atoms with Crippen molar-refractivity contribution in [2.24, 2.45) is 23.5 Å². The maximum Gasteiger partial charge on any atom is 0.254 e. The smallest absolute Gasteiger partial charge is 0.254 e. The average Bonchev–Trinajstić information content (AvgIpc) is 3.58. The van der Waals surface area contributed by atoms with Gasteiger partial charge in [-0.3, -0.25) is 4.79 Å². The van der Waals surface area contributed by atoms with E-state index in [2.05, 4.69) is 44.0 Å². The van der Waals surface area contributed by atoms with E-state index in [4.69, 9.17) is 20.4 Å². The van der Waals surface area contributed by atoms with E-state index >= 15 is 0 Å². The van der Waals surface area contributed by atoms with Gasteiger partial charge in [0, 0.05) is 67.5 Å². The molecule has 4 fully saturated rings. The molecule has 2 unspecified atom stereocenters. The van der Waals surface area contributed by atoms with Crippen LogP contribution in [0.5, 0.6) is 5.75 Å². The van der Waals surface area contributed by atoms with Crippen LogP contribution in [-0.2, 0) is 13.1 Å². The predicted octanol–water partition coefficient (Wildman–Crippen LogP) is 4.01. The molecule has 2 aliphatic heterocycles. The first-order chi connectivity index (χ1) is 23.8. The number of piperidine rings is 2. The lowest BCUT2D eigenvalue weighted by Gasteiger charge is -2.33. The molecule has 2 saturated heterocycles. The number of anilines is 1. The molecule has 4 aromatic heterocycles. The molecule has 3 atom stereocenters. The number of methoxy groups -OCH3 is 1. The number of benzene rings is 1. The van der Waals surface area contributed by atoms with Gasteiger partial charge in [-0.2, -0.15) is 0 Å². The minimum Gasteiger partial charge on any atom is -0.494 e. The van der Waals surface area contributed by atoms with Crippen LogP contribution in [0.2, 0.25) is 0 Å². The average molecular weight is 658 g/mol. The number of hydrogen-bond donors (Lipinski definition) is 1. The van der Waals surface area contributed by atoms with Crippen molar-refractivity contribution in [3.63, 3.8) is 0 Å². The van der Waals surface area contributed by atoms with Crippen molar-refractivity contribution in [1.29, 1.82) is 0 Å². The zero-order valence-corrected chi connectivity index (χ0v) is 28.7. The Balaban J connectivity index is 1.12. The molecule has 5 aromatic rings. The molecule has 2 bridgehead atoms. The molecule has 2 N–H and O–H groups in total. The minimum absolute atomic E-state index is 0.0135. The van der Waals surface area contributed by atoms with E-state index in [9.17, 15) is 4.79 Å². The van der Waals surface area contributed by atoms with Crippen LogP contribution in [0.15, 0.2) is 48.8 Å². The first-order valence-corrected chi connectivity index (χ1v) is 18.0. The molecule has 2 aliphatic carbocycles. The number of carbonyl (C=O) groups is 1. The maximum atomic E-state index is 14.1. The van der Waals surface area contributed by atoms with Crippen LogP contribution in [0.4, 0.5) is 5.82 Å². The lowest BCUT2D eigenvalue weighted by Crippen LogP contribution is -2.52. The third-order valence-corrected chi connectivity index (χ3v) is 11.9. The number of rotatable bonds is 8. The van der Waals surface area contributed by atoms with Crippen LogP contribution in [-0.4, -0.2) is 85.9 Å². The van der Waals surface area contributed by atoms with Gasteiger partial charge in [0.2, 0.25) is 0 Å². The highest BCUT2D eigenvalue weighted by molar-refractivity contribution is 6.17. The monoisotopic (exact) mass is 657 g/mol. The van der Waals surface area contributed by atoms with Gasteiger partial charge in [0.1, 0.15) is 36.4 Å². The predicted molar refractivity (Wildman–Crippen MR) is 192 cm³/mol. The Kier molecular flexibility index (Phi) is 7.23. The molecular formula is C37H44BN9O2. The second kappa shape index (κ2) is 11.6. The van der Waals surface area contributed by atoms with E-state index in [1.54, 1.807) is 7.11 Å². The lowest BCUT2D eigenvalue weighted by molar-refractivity contribution is 0.0697. The van der Waals surface area contributed by atoms with Gasteiger partial charge in [0.25, 0.3) is 5.91 Å². The van der Waals surface area contributed by atoms with E-state index in [-0.39, 0.29) is 17.4 Å². The van der Waals surface area contributed by atoms with Crippen molar-refractivity contribution in [3.05, 3.63) is 60.2 Å². The largest absolute Gasteiger partial charge is 0.494 e. The van der Waals surface area contributed by atoms with Gasteiger partial charge >= 0.3 is 0 Å². The van der Waals surface area contributed by atoms with Crippen molar-refractivity contribution in [2.75, 3.05) is 31.6 Å². The molecule has 4 aliphatic rings. The van der Waals surface area contributed by atoms with E-state index in [1.165, 1.54) is 12.8 Å². The lowest BCUT2D eigenvalue weighted by atomic mass is 9.71. The first kappa shape index (κ1) is 30.6. The van der Waals surface area contributed by atoms with Crippen molar-refractivity contribution in [1.82, 2.24) is 34.0 Å². The zero-order chi connectivity index (χ0) is 33.4. The van der Waals surface area contributed by atoms with Gasteiger partial charge in [-0.25, -0.2) is 19.9 Å². The highest BCUT2D eigenvalue weighted by Crippen LogP contribution is 2.44. The standard InChI is InChI=1S/C37H44BN9O2/c1-22-40-13-9-32(42-22)44-14-10-24(11-15-44)20-47-33-28(43-35(47)29-17-25-4-3-12-41-34(25)45(29)19-23-5-6-23)16-26(18-30(33)49-2)36(48)46-21-27-7-8-31(46)37(27,38)39/h3-4,9,12-13,16-18,23-24,27,31H,5-8,10-11,14-15,19-21,38-39H2,1-2H3/t27?,31?,37-/m0/s1. The van der Waals surface area contributed by atoms with Gasteiger partial charge in [0.15, 0.2) is 5.82 Å². The van der Waals surface area contributed by atoms with Crippen molar-refractivity contribution < 1.29 is 9.53 Å². The number of aryl methyl sites for hydroxylation is 1. The molecule has 2 saturated carbocycles. The number of likely N-dealkylation sites (tertiary alicyclic amines) is 1. The van der Waals surface area contributed by atoms with Crippen LogP contribution in [0.3, 0.4) is 0 Å². The summed E-state index contributed by atoms with van der Waals surface area (Å²) in [5, 5.41) is 1.11. The van der Waals surface area contributed by atoms with E-state index in [1.807, 2.05) is 48.5 Å². The number of nitrogens with zero attached hydrogens (tertiary/aromatic N) is 8. The number of hydrogen-bond acceptors (Lipinski definition) is 8. The molecule has 1 amide bonds. The third kappa shape index (κ3) is 5.18. The molecule has 6 heterocycles. The van der Waals surface area contributed by atoms with Crippen LogP contribution in [0.25, 0.3) is 33.6 Å². The van der Waals surface area contributed by atoms with Crippen LogP contribution in [0, 0.1) is 24.7 Å². The Morgan fingerprint density at radius 2 is 1.78 bits per heavy atom. The Hall–Kier alpha value is -4.45. The number of nitrogens with two attached hydrogens (primary N) is 1. The number of ether oxygens (including phenoxy) is 1. The van der Waals surface area contributed by atoms with Gasteiger partial charge in [0.05, 0.1) is 18.3 Å². The number of pyridine rings is 1. The Labute approximate surface area is 287 Å². The number of amides is 1. The zero-order valence-electron chi connectivity index (χ0n) is 28.7. The minimum atomic E-state index is -0.344. The molecule has 49 heavy (non-hydrogen) atoms. The normalized spacial score (nSPS) is 24.1. The number of aromatic nitrogens is 6. The third-order valence-electron chi connectivity index (χ3n) is 11.9. The molecule has 11 nitrogen and oxygen atoms in total. The fraction of sp³-hybridized carbons (Fsp3) is 0.486. The summed E-state index contributed by atoms with van der Waals surface area (Å²) in [7, 11) is 3.81. The van der Waals surface area contributed by atoms with Gasteiger partial charge in [-0.1, -0.05) is 0 Å². The first-order valence-electron chi connectivity index (χ1n) is 18.0. The fourth-order valence-corrected chi connectivity index (χ4v) is 8.91.